The standard InChI is InChI=1S/C20H31N5/c1-5-13-25(14-6-2)19-16-18(17-10-8-7-9-11-17)22-20(23-19)21-12-15-24(3)4/h7-11,16H,5-6,12-15H2,1-4H3,(H,21,22,23). The smallest absolute Gasteiger partial charge is 0.225 e. The topological polar surface area (TPSA) is 44.3 Å². The Labute approximate surface area is 152 Å². The molecule has 0 fully saturated rings. The van der Waals surface area contributed by atoms with Crippen molar-refractivity contribution in [2.75, 3.05) is 50.5 Å². The first-order chi connectivity index (χ1) is 12.1. The lowest BCUT2D eigenvalue weighted by Gasteiger charge is -2.23. The van der Waals surface area contributed by atoms with E-state index >= 15 is 0 Å². The number of hydrogen-bond donors (Lipinski definition) is 1. The maximum Gasteiger partial charge on any atom is 0.225 e. The molecule has 1 aromatic heterocycles. The van der Waals surface area contributed by atoms with Crippen molar-refractivity contribution in [2.24, 2.45) is 0 Å². The molecule has 5 nitrogen and oxygen atoms in total. The van der Waals surface area contributed by atoms with Crippen molar-refractivity contribution in [3.63, 3.8) is 0 Å². The fraction of sp³-hybridized carbons (Fsp3) is 0.500. The molecule has 5 heteroatoms. The van der Waals surface area contributed by atoms with E-state index in [-0.39, 0.29) is 0 Å². The van der Waals surface area contributed by atoms with Gasteiger partial charge < -0.3 is 15.1 Å². The predicted molar refractivity (Wildman–Crippen MR) is 107 cm³/mol. The summed E-state index contributed by atoms with van der Waals surface area (Å²) in [4.78, 5) is 14.0. The molecule has 0 aliphatic rings. The Balaban J connectivity index is 2.33. The van der Waals surface area contributed by atoms with Gasteiger partial charge in [-0.3, -0.25) is 0 Å². The van der Waals surface area contributed by atoms with Crippen LogP contribution in [0.5, 0.6) is 0 Å². The molecular weight excluding hydrogens is 310 g/mol. The van der Waals surface area contributed by atoms with E-state index in [0.29, 0.717) is 5.95 Å². The Hall–Kier alpha value is -2.14. The highest BCUT2D eigenvalue weighted by Gasteiger charge is 2.12. The molecule has 0 amide bonds. The Morgan fingerprint density at radius 1 is 0.920 bits per heavy atom. The molecule has 1 heterocycles. The van der Waals surface area contributed by atoms with Gasteiger partial charge in [-0.2, -0.15) is 4.98 Å². The minimum absolute atomic E-state index is 0.704. The van der Waals surface area contributed by atoms with Crippen molar-refractivity contribution in [3.8, 4) is 11.3 Å². The molecule has 0 bridgehead atoms. The summed E-state index contributed by atoms with van der Waals surface area (Å²) in [5.74, 6) is 1.71. The second-order valence-electron chi connectivity index (χ2n) is 6.52. The molecule has 1 aromatic carbocycles. The maximum absolute atomic E-state index is 4.78. The van der Waals surface area contributed by atoms with Crippen LogP contribution in [-0.4, -0.2) is 55.1 Å². The van der Waals surface area contributed by atoms with Gasteiger partial charge in [0, 0.05) is 37.8 Å². The summed E-state index contributed by atoms with van der Waals surface area (Å²) < 4.78 is 0. The zero-order valence-electron chi connectivity index (χ0n) is 16.0. The summed E-state index contributed by atoms with van der Waals surface area (Å²) in [7, 11) is 4.14. The van der Waals surface area contributed by atoms with Crippen molar-refractivity contribution in [2.45, 2.75) is 26.7 Å². The fourth-order valence-electron chi connectivity index (χ4n) is 2.70. The number of hydrogen-bond acceptors (Lipinski definition) is 5. The lowest BCUT2D eigenvalue weighted by molar-refractivity contribution is 0.425. The molecule has 0 spiro atoms. The third-order valence-corrected chi connectivity index (χ3v) is 3.94. The zero-order chi connectivity index (χ0) is 18.1. The average molecular weight is 342 g/mol. The van der Waals surface area contributed by atoms with E-state index in [1.165, 1.54) is 0 Å². The second-order valence-corrected chi connectivity index (χ2v) is 6.52. The van der Waals surface area contributed by atoms with Gasteiger partial charge in [0.05, 0.1) is 5.69 Å². The van der Waals surface area contributed by atoms with Crippen LogP contribution in [0.2, 0.25) is 0 Å². The Morgan fingerprint density at radius 3 is 2.20 bits per heavy atom. The number of likely N-dealkylation sites (N-methyl/N-ethyl adjacent to an activating group) is 1. The minimum Gasteiger partial charge on any atom is -0.356 e. The lowest BCUT2D eigenvalue weighted by atomic mass is 10.1. The maximum atomic E-state index is 4.78. The highest BCUT2D eigenvalue weighted by atomic mass is 15.2. The third-order valence-electron chi connectivity index (χ3n) is 3.94. The molecule has 0 unspecified atom stereocenters. The molecular formula is C20H31N5. The lowest BCUT2D eigenvalue weighted by Crippen LogP contribution is -2.27. The largest absolute Gasteiger partial charge is 0.356 e. The predicted octanol–water partition coefficient (Wildman–Crippen LogP) is 3.74. The molecule has 1 N–H and O–H groups in total. The molecule has 2 aromatic rings. The van der Waals surface area contributed by atoms with E-state index in [1.807, 2.05) is 18.2 Å². The van der Waals surface area contributed by atoms with Gasteiger partial charge >= 0.3 is 0 Å². The van der Waals surface area contributed by atoms with Gasteiger partial charge in [0.15, 0.2) is 0 Å². The first-order valence-corrected chi connectivity index (χ1v) is 9.22. The highest BCUT2D eigenvalue weighted by Crippen LogP contribution is 2.23. The van der Waals surface area contributed by atoms with Gasteiger partial charge in [-0.05, 0) is 26.9 Å². The first kappa shape index (κ1) is 19.2. The zero-order valence-corrected chi connectivity index (χ0v) is 16.0. The van der Waals surface area contributed by atoms with Crippen molar-refractivity contribution in [3.05, 3.63) is 36.4 Å². The molecule has 0 saturated carbocycles. The van der Waals surface area contributed by atoms with Gasteiger partial charge in [0.2, 0.25) is 5.95 Å². The van der Waals surface area contributed by atoms with Crippen LogP contribution in [0, 0.1) is 0 Å². The summed E-state index contributed by atoms with van der Waals surface area (Å²) in [5, 5.41) is 3.38. The number of anilines is 2. The summed E-state index contributed by atoms with van der Waals surface area (Å²) in [6.07, 6.45) is 2.21. The molecule has 0 radical (unpaired) electrons. The van der Waals surface area contributed by atoms with Crippen LogP contribution in [0.4, 0.5) is 11.8 Å². The van der Waals surface area contributed by atoms with Crippen LogP contribution in [-0.2, 0) is 0 Å². The number of nitrogens with zero attached hydrogens (tertiary/aromatic N) is 4. The number of nitrogens with one attached hydrogen (secondary N) is 1. The average Bonchev–Trinajstić information content (AvgIpc) is 2.62. The molecule has 0 aliphatic carbocycles. The SMILES string of the molecule is CCCN(CCC)c1cc(-c2ccccc2)nc(NCCN(C)C)n1. The number of benzene rings is 1. The molecule has 0 saturated heterocycles. The van der Waals surface area contributed by atoms with E-state index in [2.05, 4.69) is 61.3 Å². The van der Waals surface area contributed by atoms with Gasteiger partial charge in [-0.25, -0.2) is 4.98 Å². The van der Waals surface area contributed by atoms with Gasteiger partial charge in [0.1, 0.15) is 5.82 Å². The van der Waals surface area contributed by atoms with E-state index in [4.69, 9.17) is 9.97 Å². The molecule has 0 atom stereocenters. The second kappa shape index (κ2) is 9.99. The highest BCUT2D eigenvalue weighted by molar-refractivity contribution is 5.64. The van der Waals surface area contributed by atoms with Gasteiger partial charge in [-0.1, -0.05) is 44.2 Å². The van der Waals surface area contributed by atoms with Crippen molar-refractivity contribution in [1.29, 1.82) is 0 Å². The third kappa shape index (κ3) is 6.02. The molecule has 136 valence electrons. The molecule has 25 heavy (non-hydrogen) atoms. The van der Waals surface area contributed by atoms with Crippen LogP contribution in [0.1, 0.15) is 26.7 Å². The van der Waals surface area contributed by atoms with Crippen molar-refractivity contribution in [1.82, 2.24) is 14.9 Å². The van der Waals surface area contributed by atoms with Crippen LogP contribution < -0.4 is 10.2 Å². The minimum atomic E-state index is 0.704. The monoisotopic (exact) mass is 341 g/mol. The van der Waals surface area contributed by atoms with E-state index < -0.39 is 0 Å². The number of aromatic nitrogens is 2. The van der Waals surface area contributed by atoms with Crippen LogP contribution in [0.15, 0.2) is 36.4 Å². The number of rotatable bonds is 10. The summed E-state index contributed by atoms with van der Waals surface area (Å²) >= 11 is 0. The van der Waals surface area contributed by atoms with Crippen LogP contribution in [0.25, 0.3) is 11.3 Å². The molecule has 2 rings (SSSR count). The van der Waals surface area contributed by atoms with Gasteiger partial charge in [-0.15, -0.1) is 0 Å². The van der Waals surface area contributed by atoms with Crippen molar-refractivity contribution < 1.29 is 0 Å². The van der Waals surface area contributed by atoms with Crippen LogP contribution >= 0.6 is 0 Å². The molecule has 0 aliphatic heterocycles. The fourth-order valence-corrected chi connectivity index (χ4v) is 2.70. The Bertz CT molecular complexity index is 621. The Kier molecular flexibility index (Phi) is 7.67. The Morgan fingerprint density at radius 2 is 1.60 bits per heavy atom. The summed E-state index contributed by atoms with van der Waals surface area (Å²) in [5.41, 5.74) is 2.09. The van der Waals surface area contributed by atoms with Gasteiger partial charge in [0.25, 0.3) is 0 Å². The van der Waals surface area contributed by atoms with E-state index in [1.54, 1.807) is 0 Å². The quantitative estimate of drug-likeness (QED) is 0.713. The summed E-state index contributed by atoms with van der Waals surface area (Å²) in [6, 6.07) is 12.4. The summed E-state index contributed by atoms with van der Waals surface area (Å²) in [6.45, 7) is 8.21. The van der Waals surface area contributed by atoms with E-state index in [9.17, 15) is 0 Å². The van der Waals surface area contributed by atoms with Crippen molar-refractivity contribution >= 4 is 11.8 Å². The normalized spacial score (nSPS) is 10.9. The van der Waals surface area contributed by atoms with E-state index in [0.717, 1.165) is 56.1 Å². The first-order valence-electron chi connectivity index (χ1n) is 9.22. The van der Waals surface area contributed by atoms with Crippen LogP contribution in [0.3, 0.4) is 0 Å².